The number of hydrogen-bond donors (Lipinski definition) is 1. The maximum absolute atomic E-state index is 13.5. The number of benzene rings is 1. The van der Waals surface area contributed by atoms with Gasteiger partial charge in [-0.2, -0.15) is 0 Å². The summed E-state index contributed by atoms with van der Waals surface area (Å²) in [6, 6.07) is 7.50. The van der Waals surface area contributed by atoms with E-state index in [1.807, 2.05) is 33.9 Å². The van der Waals surface area contributed by atoms with Crippen LogP contribution in [0.5, 0.6) is 11.5 Å². The fraction of sp³-hybridized carbons (Fsp3) is 0.440. The molecule has 184 valence electrons. The van der Waals surface area contributed by atoms with Gasteiger partial charge >= 0.3 is 5.97 Å². The minimum absolute atomic E-state index is 0.0355. The van der Waals surface area contributed by atoms with Gasteiger partial charge in [-0.05, 0) is 38.3 Å². The minimum Gasteiger partial charge on any atom is -0.493 e. The van der Waals surface area contributed by atoms with Crippen molar-refractivity contribution in [3.63, 3.8) is 0 Å². The molecule has 1 N–H and O–H groups in total. The van der Waals surface area contributed by atoms with Crippen molar-refractivity contribution in [2.45, 2.75) is 64.4 Å². The van der Waals surface area contributed by atoms with E-state index < -0.39 is 12.1 Å². The number of aryl methyl sites for hydroxylation is 2. The largest absolute Gasteiger partial charge is 0.493 e. The quantitative estimate of drug-likeness (QED) is 0.502. The summed E-state index contributed by atoms with van der Waals surface area (Å²) in [6.07, 6.45) is 6.62. The Morgan fingerprint density at radius 1 is 1.26 bits per heavy atom. The Kier molecular flexibility index (Phi) is 6.19. The van der Waals surface area contributed by atoms with Crippen LogP contribution in [0, 0.1) is 6.92 Å². The van der Waals surface area contributed by atoms with Crippen LogP contribution in [0.25, 0.3) is 0 Å². The van der Waals surface area contributed by atoms with Crippen molar-refractivity contribution in [3.05, 3.63) is 59.2 Å². The highest BCUT2D eigenvalue weighted by molar-refractivity contribution is 5.89. The molecule has 1 aliphatic heterocycles. The number of carbonyl (C=O) groups excluding carboxylic acids is 1. The number of carboxylic acid groups (broad SMARTS) is 1. The van der Waals surface area contributed by atoms with Crippen LogP contribution in [-0.2, 0) is 30.8 Å². The number of rotatable bonds is 9. The summed E-state index contributed by atoms with van der Waals surface area (Å²) < 4.78 is 15.1. The van der Waals surface area contributed by atoms with Crippen molar-refractivity contribution in [1.29, 1.82) is 0 Å². The summed E-state index contributed by atoms with van der Waals surface area (Å²) in [7, 11) is 1.60. The van der Waals surface area contributed by atoms with Crippen molar-refractivity contribution >= 4 is 11.9 Å². The maximum Gasteiger partial charge on any atom is 0.337 e. The molecular formula is C25H29N5O5. The zero-order valence-corrected chi connectivity index (χ0v) is 19.9. The Morgan fingerprint density at radius 3 is 2.77 bits per heavy atom. The number of methoxy groups -OCH3 is 1. The number of aromatic nitrogens is 4. The number of para-hydroxylation sites is 1. The van der Waals surface area contributed by atoms with Crippen LogP contribution in [-0.4, -0.2) is 60.7 Å². The predicted molar refractivity (Wildman–Crippen MR) is 125 cm³/mol. The molecule has 3 aromatic rings. The third-order valence-corrected chi connectivity index (χ3v) is 6.98. The highest BCUT2D eigenvalue weighted by Crippen LogP contribution is 2.39. The van der Waals surface area contributed by atoms with Crippen LogP contribution in [0.1, 0.15) is 46.6 Å². The zero-order chi connectivity index (χ0) is 24.5. The second-order valence-electron chi connectivity index (χ2n) is 9.10. The summed E-state index contributed by atoms with van der Waals surface area (Å²) in [5.41, 5.74) is 2.70. The maximum atomic E-state index is 13.5. The van der Waals surface area contributed by atoms with E-state index in [9.17, 15) is 14.7 Å². The second-order valence-corrected chi connectivity index (χ2v) is 9.10. The molecule has 10 nitrogen and oxygen atoms in total. The van der Waals surface area contributed by atoms with Crippen LogP contribution in [0.15, 0.2) is 36.7 Å². The van der Waals surface area contributed by atoms with Crippen molar-refractivity contribution < 1.29 is 24.2 Å². The zero-order valence-electron chi connectivity index (χ0n) is 19.9. The summed E-state index contributed by atoms with van der Waals surface area (Å²) in [4.78, 5) is 26.7. The monoisotopic (exact) mass is 479 g/mol. The van der Waals surface area contributed by atoms with Gasteiger partial charge in [0, 0.05) is 36.5 Å². The number of carboxylic acids is 1. The van der Waals surface area contributed by atoms with Crippen LogP contribution < -0.4 is 9.47 Å². The molecule has 1 fully saturated rings. The molecule has 0 saturated heterocycles. The van der Waals surface area contributed by atoms with Gasteiger partial charge in [0.15, 0.2) is 17.6 Å². The van der Waals surface area contributed by atoms with Gasteiger partial charge in [0.1, 0.15) is 5.69 Å². The molecule has 1 amide bonds. The lowest BCUT2D eigenvalue weighted by Gasteiger charge is -2.38. The normalized spacial score (nSPS) is 16.9. The van der Waals surface area contributed by atoms with E-state index >= 15 is 0 Å². The van der Waals surface area contributed by atoms with E-state index in [-0.39, 0.29) is 11.9 Å². The lowest BCUT2D eigenvalue weighted by Crippen LogP contribution is -2.49. The van der Waals surface area contributed by atoms with Gasteiger partial charge in [0.25, 0.3) is 5.91 Å². The molecular weight excluding hydrogens is 450 g/mol. The average Bonchev–Trinajstić information content (AvgIpc) is 3.53. The number of aromatic carboxylic acids is 1. The van der Waals surface area contributed by atoms with E-state index in [0.29, 0.717) is 54.5 Å². The number of hydrogen-bond acceptors (Lipinski definition) is 6. The van der Waals surface area contributed by atoms with Crippen molar-refractivity contribution in [2.75, 3.05) is 7.11 Å². The summed E-state index contributed by atoms with van der Waals surface area (Å²) in [6.45, 7) is 3.28. The number of amides is 1. The van der Waals surface area contributed by atoms with Crippen LogP contribution in [0.2, 0.25) is 0 Å². The average molecular weight is 480 g/mol. The van der Waals surface area contributed by atoms with E-state index in [4.69, 9.17) is 9.47 Å². The summed E-state index contributed by atoms with van der Waals surface area (Å²) in [5, 5.41) is 17.8. The molecule has 0 spiro atoms. The predicted octanol–water partition coefficient (Wildman–Crippen LogP) is 2.68. The first kappa shape index (κ1) is 22.9. The SMILES string of the molecule is COc1cccc2c1OC(C(=O)N(Cc1cn(CCn3ccc(C(=O)O)c3C)nn1)C1CCC1)C2. The Morgan fingerprint density at radius 2 is 2.09 bits per heavy atom. The summed E-state index contributed by atoms with van der Waals surface area (Å²) in [5.74, 6) is 0.327. The Bertz CT molecular complexity index is 1240. The van der Waals surface area contributed by atoms with Crippen LogP contribution >= 0.6 is 0 Å². The molecule has 1 atom stereocenters. The molecule has 1 saturated carbocycles. The fourth-order valence-corrected chi connectivity index (χ4v) is 4.73. The van der Waals surface area contributed by atoms with Crippen molar-refractivity contribution in [3.8, 4) is 11.5 Å². The third-order valence-electron chi connectivity index (χ3n) is 6.98. The first-order valence-corrected chi connectivity index (χ1v) is 11.9. The standard InChI is InChI=1S/C25H29N5O5/c1-16-20(25(32)33)9-10-28(16)11-12-29-14-18(26-27-29)15-30(19-6-4-7-19)24(31)22-13-17-5-3-8-21(34-2)23(17)35-22/h3,5,8-10,14,19,22H,4,6-7,11-13,15H2,1-2H3,(H,32,33). The fourth-order valence-electron chi connectivity index (χ4n) is 4.73. The van der Waals surface area contributed by atoms with Gasteiger partial charge in [-0.3, -0.25) is 9.48 Å². The van der Waals surface area contributed by atoms with Gasteiger partial charge in [-0.15, -0.1) is 5.10 Å². The minimum atomic E-state index is -0.933. The smallest absolute Gasteiger partial charge is 0.337 e. The molecule has 2 aromatic heterocycles. The molecule has 0 bridgehead atoms. The van der Waals surface area contributed by atoms with E-state index in [0.717, 1.165) is 24.8 Å². The molecule has 3 heterocycles. The highest BCUT2D eigenvalue weighted by atomic mass is 16.5. The van der Waals surface area contributed by atoms with Gasteiger partial charge in [-0.25, -0.2) is 4.79 Å². The van der Waals surface area contributed by atoms with E-state index in [1.165, 1.54) is 0 Å². The lowest BCUT2D eigenvalue weighted by molar-refractivity contribution is -0.143. The molecule has 1 unspecified atom stereocenters. The van der Waals surface area contributed by atoms with Gasteiger partial charge in [-0.1, -0.05) is 17.3 Å². The Labute approximate surface area is 203 Å². The lowest BCUT2D eigenvalue weighted by atomic mass is 9.90. The number of carbonyl (C=O) groups is 2. The third kappa shape index (κ3) is 4.48. The molecule has 35 heavy (non-hydrogen) atoms. The Balaban J connectivity index is 1.25. The van der Waals surface area contributed by atoms with Gasteiger partial charge in [0.05, 0.1) is 32.0 Å². The molecule has 1 aliphatic carbocycles. The van der Waals surface area contributed by atoms with Crippen molar-refractivity contribution in [2.24, 2.45) is 0 Å². The number of nitrogens with zero attached hydrogens (tertiary/aromatic N) is 5. The molecule has 0 radical (unpaired) electrons. The first-order chi connectivity index (χ1) is 16.9. The topological polar surface area (TPSA) is 112 Å². The highest BCUT2D eigenvalue weighted by Gasteiger charge is 2.38. The van der Waals surface area contributed by atoms with E-state index in [2.05, 4.69) is 10.3 Å². The molecule has 1 aromatic carbocycles. The number of ether oxygens (including phenoxy) is 2. The van der Waals surface area contributed by atoms with E-state index in [1.54, 1.807) is 31.0 Å². The molecule has 5 rings (SSSR count). The molecule has 2 aliphatic rings. The summed E-state index contributed by atoms with van der Waals surface area (Å²) >= 11 is 0. The van der Waals surface area contributed by atoms with Gasteiger partial charge in [0.2, 0.25) is 0 Å². The first-order valence-electron chi connectivity index (χ1n) is 11.9. The van der Waals surface area contributed by atoms with Gasteiger partial charge < -0.3 is 24.0 Å². The van der Waals surface area contributed by atoms with Crippen molar-refractivity contribution in [1.82, 2.24) is 24.5 Å². The van der Waals surface area contributed by atoms with Crippen LogP contribution in [0.4, 0.5) is 0 Å². The molecule has 10 heteroatoms. The number of fused-ring (bicyclic) bond motifs is 1. The Hall–Kier alpha value is -3.82. The second kappa shape index (κ2) is 9.44. The van der Waals surface area contributed by atoms with Crippen LogP contribution in [0.3, 0.4) is 0 Å².